The van der Waals surface area contributed by atoms with Gasteiger partial charge in [-0.2, -0.15) is 0 Å². The summed E-state index contributed by atoms with van der Waals surface area (Å²) in [6.45, 7) is 5.76. The molecule has 1 saturated carbocycles. The van der Waals surface area contributed by atoms with Crippen LogP contribution in [0, 0.1) is 12.8 Å². The topological polar surface area (TPSA) is 84.0 Å². The Bertz CT molecular complexity index is 470. The third-order valence-corrected chi connectivity index (χ3v) is 2.63. The van der Waals surface area contributed by atoms with Gasteiger partial charge in [-0.25, -0.2) is 0 Å². The van der Waals surface area contributed by atoms with Crippen LogP contribution in [0.1, 0.15) is 42.7 Å². The van der Waals surface area contributed by atoms with Gasteiger partial charge in [0, 0.05) is 13.0 Å². The van der Waals surface area contributed by atoms with Gasteiger partial charge in [0.05, 0.1) is 0 Å². The first-order valence-corrected chi connectivity index (χ1v) is 6.49. The maximum absolute atomic E-state index is 11.5. The maximum Gasteiger partial charge on any atom is 0.271 e. The van der Waals surface area contributed by atoms with Crippen molar-refractivity contribution in [3.63, 3.8) is 0 Å². The molecule has 0 saturated heterocycles. The number of amides is 2. The average Bonchev–Trinajstić information content (AvgIpc) is 3.25. The highest BCUT2D eigenvalue weighted by molar-refractivity contribution is 5.95. The maximum atomic E-state index is 11.5. The Kier molecular flexibility index (Phi) is 5.41. The monoisotopic (exact) mass is 264 g/mol. The summed E-state index contributed by atoms with van der Waals surface area (Å²) in [5.74, 6) is 0.212. The zero-order valence-electron chi connectivity index (χ0n) is 11.8. The Morgan fingerprint density at radius 1 is 1.26 bits per heavy atom. The van der Waals surface area contributed by atoms with Gasteiger partial charge in [-0.3, -0.25) is 9.59 Å². The van der Waals surface area contributed by atoms with Crippen molar-refractivity contribution in [1.29, 1.82) is 0 Å². The van der Waals surface area contributed by atoms with Crippen molar-refractivity contribution in [1.82, 2.24) is 15.5 Å². The van der Waals surface area contributed by atoms with Gasteiger partial charge in [0.15, 0.2) is 11.5 Å². The minimum Gasteiger partial charge on any atom is -0.354 e. The van der Waals surface area contributed by atoms with E-state index in [0.717, 1.165) is 12.8 Å². The Hall–Kier alpha value is -1.98. The zero-order valence-corrected chi connectivity index (χ0v) is 11.8. The third kappa shape index (κ3) is 4.01. The van der Waals surface area contributed by atoms with Crippen molar-refractivity contribution in [3.8, 4) is 0 Å². The number of hydrogen-bond acceptors (Lipinski definition) is 4. The quantitative estimate of drug-likeness (QED) is 0.867. The lowest BCUT2D eigenvalue weighted by atomic mass is 10.2. The smallest absolute Gasteiger partial charge is 0.271 e. The molecule has 0 unspecified atom stereocenters. The van der Waals surface area contributed by atoms with Crippen molar-refractivity contribution < 1.29 is 9.59 Å². The highest BCUT2D eigenvalue weighted by Gasteiger charge is 2.30. The minimum atomic E-state index is -0.282. The highest BCUT2D eigenvalue weighted by atomic mass is 16.2. The van der Waals surface area contributed by atoms with Gasteiger partial charge >= 0.3 is 0 Å². The standard InChI is InChI=1S/C11H14N4O2.C2H6/c1-6-5-8(13-10(16)7-3-4-7)14-15-9(6)11(17)12-2;1-2/h5,7H,3-4H2,1-2H3,(H,12,17)(H,13,14,16);1-2H3. The zero-order chi connectivity index (χ0) is 14.4. The van der Waals surface area contributed by atoms with E-state index in [4.69, 9.17) is 0 Å². The molecule has 0 bridgehead atoms. The summed E-state index contributed by atoms with van der Waals surface area (Å²) in [6.07, 6.45) is 1.88. The van der Waals surface area contributed by atoms with Crippen LogP contribution in [-0.2, 0) is 4.79 Å². The van der Waals surface area contributed by atoms with Crippen molar-refractivity contribution in [3.05, 3.63) is 17.3 Å². The second-order valence-corrected chi connectivity index (χ2v) is 4.10. The number of carbonyl (C=O) groups excluding carboxylic acids is 2. The highest BCUT2D eigenvalue weighted by Crippen LogP contribution is 2.29. The van der Waals surface area contributed by atoms with Crippen LogP contribution in [0.5, 0.6) is 0 Å². The van der Waals surface area contributed by atoms with Crippen LogP contribution in [0.3, 0.4) is 0 Å². The Morgan fingerprint density at radius 2 is 1.89 bits per heavy atom. The lowest BCUT2D eigenvalue weighted by Gasteiger charge is -2.06. The molecule has 0 aliphatic heterocycles. The number of anilines is 1. The predicted octanol–water partition coefficient (Wildman–Crippen LogP) is 1.52. The number of hydrogen-bond donors (Lipinski definition) is 2. The average molecular weight is 264 g/mol. The molecule has 0 aromatic carbocycles. The molecule has 6 heteroatoms. The minimum absolute atomic E-state index is 0.0219. The second kappa shape index (κ2) is 6.82. The summed E-state index contributed by atoms with van der Waals surface area (Å²) >= 11 is 0. The molecule has 6 nitrogen and oxygen atoms in total. The molecule has 1 aromatic rings. The molecule has 1 aliphatic carbocycles. The molecule has 1 aromatic heterocycles. The van der Waals surface area contributed by atoms with Crippen LogP contribution in [0.25, 0.3) is 0 Å². The van der Waals surface area contributed by atoms with Gasteiger partial charge in [-0.15, -0.1) is 10.2 Å². The SMILES string of the molecule is CC.CNC(=O)c1nnc(NC(=O)C2CC2)cc1C. The number of aryl methyl sites for hydroxylation is 1. The van der Waals surface area contributed by atoms with E-state index in [2.05, 4.69) is 20.8 Å². The normalized spacial score (nSPS) is 13.1. The molecule has 0 atom stereocenters. The summed E-state index contributed by atoms with van der Waals surface area (Å²) < 4.78 is 0. The molecule has 2 N–H and O–H groups in total. The van der Waals surface area contributed by atoms with Gasteiger partial charge in [0.1, 0.15) is 0 Å². The Morgan fingerprint density at radius 3 is 2.37 bits per heavy atom. The summed E-state index contributed by atoms with van der Waals surface area (Å²) in [5.41, 5.74) is 0.961. The molecule has 2 rings (SSSR count). The number of nitrogens with one attached hydrogen (secondary N) is 2. The van der Waals surface area contributed by atoms with E-state index in [0.29, 0.717) is 11.4 Å². The van der Waals surface area contributed by atoms with Crippen molar-refractivity contribution in [2.45, 2.75) is 33.6 Å². The molecule has 0 spiro atoms. The Balaban J connectivity index is 0.000000861. The van der Waals surface area contributed by atoms with Gasteiger partial charge in [-0.1, -0.05) is 13.8 Å². The fraction of sp³-hybridized carbons (Fsp3) is 0.538. The van der Waals surface area contributed by atoms with Crippen LogP contribution in [0.2, 0.25) is 0 Å². The molecule has 1 heterocycles. The van der Waals surface area contributed by atoms with Crippen LogP contribution in [-0.4, -0.2) is 29.1 Å². The molecular formula is C13H20N4O2. The lowest BCUT2D eigenvalue weighted by molar-refractivity contribution is -0.117. The second-order valence-electron chi connectivity index (χ2n) is 4.10. The summed E-state index contributed by atoms with van der Waals surface area (Å²) in [4.78, 5) is 22.9. The molecule has 1 fully saturated rings. The van der Waals surface area contributed by atoms with E-state index >= 15 is 0 Å². The summed E-state index contributed by atoms with van der Waals surface area (Å²) in [6, 6.07) is 1.65. The number of rotatable bonds is 3. The van der Waals surface area contributed by atoms with Crippen LogP contribution in [0.4, 0.5) is 5.82 Å². The lowest BCUT2D eigenvalue weighted by Crippen LogP contribution is -2.22. The number of aromatic nitrogens is 2. The van der Waals surface area contributed by atoms with Gasteiger partial charge < -0.3 is 10.6 Å². The molecule has 1 aliphatic rings. The van der Waals surface area contributed by atoms with E-state index < -0.39 is 0 Å². The van der Waals surface area contributed by atoms with E-state index in [1.165, 1.54) is 7.05 Å². The first-order chi connectivity index (χ1) is 9.11. The predicted molar refractivity (Wildman–Crippen MR) is 72.9 cm³/mol. The van der Waals surface area contributed by atoms with Crippen LogP contribution in [0.15, 0.2) is 6.07 Å². The van der Waals surface area contributed by atoms with E-state index in [1.54, 1.807) is 13.0 Å². The van der Waals surface area contributed by atoms with E-state index in [1.807, 2.05) is 13.8 Å². The van der Waals surface area contributed by atoms with Gasteiger partial charge in [0.25, 0.3) is 5.91 Å². The summed E-state index contributed by atoms with van der Waals surface area (Å²) in [5, 5.41) is 12.8. The molecule has 104 valence electrons. The van der Waals surface area contributed by atoms with Crippen LogP contribution < -0.4 is 10.6 Å². The van der Waals surface area contributed by atoms with E-state index in [9.17, 15) is 9.59 Å². The van der Waals surface area contributed by atoms with Gasteiger partial charge in [0.2, 0.25) is 5.91 Å². The first kappa shape index (κ1) is 15.1. The fourth-order valence-corrected chi connectivity index (χ4v) is 1.46. The largest absolute Gasteiger partial charge is 0.354 e. The fourth-order valence-electron chi connectivity index (χ4n) is 1.46. The molecule has 19 heavy (non-hydrogen) atoms. The van der Waals surface area contributed by atoms with Crippen molar-refractivity contribution in [2.75, 3.05) is 12.4 Å². The van der Waals surface area contributed by atoms with E-state index in [-0.39, 0.29) is 23.4 Å². The third-order valence-electron chi connectivity index (χ3n) is 2.63. The summed E-state index contributed by atoms with van der Waals surface area (Å²) in [7, 11) is 1.53. The van der Waals surface area contributed by atoms with Crippen molar-refractivity contribution >= 4 is 17.6 Å². The first-order valence-electron chi connectivity index (χ1n) is 6.49. The molecule has 2 amide bonds. The number of carbonyl (C=O) groups is 2. The van der Waals surface area contributed by atoms with Gasteiger partial charge in [-0.05, 0) is 31.4 Å². The number of nitrogens with zero attached hydrogens (tertiary/aromatic N) is 2. The molecule has 0 radical (unpaired) electrons. The van der Waals surface area contributed by atoms with Crippen LogP contribution >= 0.6 is 0 Å². The Labute approximate surface area is 113 Å². The van der Waals surface area contributed by atoms with Crippen molar-refractivity contribution in [2.24, 2.45) is 5.92 Å². The molecular weight excluding hydrogens is 244 g/mol.